The number of Topliss-reactive ketones (excluding diaryl/α,β-unsaturated/α-hetero) is 1. The van der Waals surface area contributed by atoms with Gasteiger partial charge in [0.1, 0.15) is 12.1 Å². The number of ketones is 1. The number of hydrogen-bond acceptors (Lipinski definition) is 16. The molecule has 0 saturated heterocycles. The van der Waals surface area contributed by atoms with Crippen molar-refractivity contribution >= 4 is 40.5 Å². The number of aliphatic carboxylic acids is 1. The van der Waals surface area contributed by atoms with Crippen LogP contribution >= 0.6 is 0 Å². The number of hydrogen-bond donors (Lipinski definition) is 7. The molecule has 0 aliphatic heterocycles. The smallest absolute Gasteiger partial charge is 0.307 e. The van der Waals surface area contributed by atoms with E-state index in [0.717, 1.165) is 0 Å². The molecule has 4 atom stereocenters. The molecule has 300 valence electrons. The lowest BCUT2D eigenvalue weighted by atomic mass is 9.76. The van der Waals surface area contributed by atoms with E-state index < -0.39 is 63.8 Å². The normalized spacial score (nSPS) is 14.4. The summed E-state index contributed by atoms with van der Waals surface area (Å²) >= 11 is 0. The van der Waals surface area contributed by atoms with Gasteiger partial charge in [0.15, 0.2) is 16.9 Å². The number of nitroso groups, excluding NO2 is 2. The Bertz CT molecular complexity index is 1880. The van der Waals surface area contributed by atoms with Crippen LogP contribution in [0.25, 0.3) is 11.2 Å². The van der Waals surface area contributed by atoms with Gasteiger partial charge in [-0.25, -0.2) is 9.97 Å². The van der Waals surface area contributed by atoms with Crippen molar-refractivity contribution in [2.24, 2.45) is 21.7 Å². The summed E-state index contributed by atoms with van der Waals surface area (Å²) < 4.78 is 0. The van der Waals surface area contributed by atoms with E-state index in [-0.39, 0.29) is 55.1 Å². The van der Waals surface area contributed by atoms with Crippen molar-refractivity contribution in [2.45, 2.75) is 110 Å². The molecule has 0 radical (unpaired) electrons. The van der Waals surface area contributed by atoms with Gasteiger partial charge in [0, 0.05) is 29.8 Å². The van der Waals surface area contributed by atoms with Crippen LogP contribution < -0.4 is 32.7 Å². The zero-order chi connectivity index (χ0) is 41.1. The Kier molecular flexibility index (Phi) is 15.1. The van der Waals surface area contributed by atoms with Crippen LogP contribution in [0.1, 0.15) is 90.7 Å². The number of carboxylic acid groups (broad SMARTS) is 1. The first kappa shape index (κ1) is 44.1. The van der Waals surface area contributed by atoms with E-state index in [0.29, 0.717) is 17.9 Å². The fraction of sp³-hybridized carbons (Fsp3) is 0.583. The number of amides is 1. The highest BCUT2D eigenvalue weighted by Gasteiger charge is 2.37. The van der Waals surface area contributed by atoms with Gasteiger partial charge < -0.3 is 26.8 Å². The fourth-order valence-corrected chi connectivity index (χ4v) is 5.56. The summed E-state index contributed by atoms with van der Waals surface area (Å²) in [6.07, 6.45) is 1.18. The number of fused-ring (bicyclic) bond motifs is 1. The van der Waals surface area contributed by atoms with Crippen LogP contribution in [0, 0.1) is 21.1 Å². The number of rotatable bonds is 22. The topological polar surface area (TPSA) is 285 Å². The minimum Gasteiger partial charge on any atom is -0.481 e. The van der Waals surface area contributed by atoms with Gasteiger partial charge in [0.05, 0.1) is 42.5 Å². The predicted molar refractivity (Wildman–Crippen MR) is 207 cm³/mol. The second kappa shape index (κ2) is 18.9. The first-order chi connectivity index (χ1) is 25.7. The number of carboxylic acids is 1. The third kappa shape index (κ3) is 12.6. The molecule has 3 aromatic rings. The Morgan fingerprint density at radius 1 is 1.00 bits per heavy atom. The van der Waals surface area contributed by atoms with E-state index in [1.165, 1.54) is 6.20 Å². The molecule has 2 heterocycles. The zero-order valence-electron chi connectivity index (χ0n) is 32.6. The minimum atomic E-state index is -1.17. The number of aromatic amines is 1. The molecule has 2 aromatic heterocycles. The summed E-state index contributed by atoms with van der Waals surface area (Å²) in [7, 11) is 0. The highest BCUT2D eigenvalue weighted by molar-refractivity contribution is 5.98. The van der Waals surface area contributed by atoms with Gasteiger partial charge in [-0.2, -0.15) is 20.3 Å². The number of benzene rings is 1. The Labute approximate surface area is 318 Å². The lowest BCUT2D eigenvalue weighted by Gasteiger charge is -2.32. The van der Waals surface area contributed by atoms with Crippen LogP contribution in [-0.2, 0) is 21.0 Å². The maximum absolute atomic E-state index is 13.7. The van der Waals surface area contributed by atoms with Crippen LogP contribution in [0.5, 0.6) is 0 Å². The maximum Gasteiger partial charge on any atom is 0.307 e. The molecule has 1 amide bonds. The molecular formula is C36H53N11O8. The van der Waals surface area contributed by atoms with Gasteiger partial charge in [-0.1, -0.05) is 31.1 Å². The number of nitrogen functional groups attached to an aromatic ring is 1. The molecule has 0 aliphatic rings. The highest BCUT2D eigenvalue weighted by atomic mass is 16.6. The average molecular weight is 768 g/mol. The van der Waals surface area contributed by atoms with Crippen LogP contribution in [0.2, 0.25) is 0 Å². The quantitative estimate of drug-likeness (QED) is 0.0438. The molecule has 55 heavy (non-hydrogen) atoms. The molecule has 0 aliphatic carbocycles. The summed E-state index contributed by atoms with van der Waals surface area (Å²) in [5.74, 6) is -3.17. The summed E-state index contributed by atoms with van der Waals surface area (Å²) in [4.78, 5) is 94.8. The van der Waals surface area contributed by atoms with E-state index in [1.54, 1.807) is 79.7 Å². The van der Waals surface area contributed by atoms with Crippen LogP contribution in [0.15, 0.2) is 45.6 Å². The standard InChI is InChI=1S/C36H53N11O8/c1-20(45-53)35(5,6)47-55-16-15-40-36(7,8)27(46-54)14-13-26(48)25(17-24(32(51)52)34(2,3)4)42-30(49)21-9-11-22(12-10-21)38-18-23-19-39-29-28(41-23)31(50)44-33(37)43-29/h9-12,19-20,24-25,27,38,40,47H,13-18H2,1-8H3,(H,42,49)(H,51,52)(H3,37,39,43,44,50)/t20?,24?,25-,27?/m0/s1. The summed E-state index contributed by atoms with van der Waals surface area (Å²) in [5.41, 5.74) is 7.03. The Morgan fingerprint density at radius 3 is 2.27 bits per heavy atom. The molecule has 0 saturated carbocycles. The van der Waals surface area contributed by atoms with Gasteiger partial charge in [0.25, 0.3) is 11.5 Å². The molecular weight excluding hydrogens is 714 g/mol. The SMILES string of the molecule is CC(N=O)C(C)(C)NOCCNC(C)(C)C(CCC(=O)[C@H](CC(C(=O)O)C(C)(C)C)NC(=O)c1ccc(NCc2cnc3nc(N)[nH]c(=O)c3n2)cc1)N=O. The summed E-state index contributed by atoms with van der Waals surface area (Å²) in [5, 5.41) is 25.4. The van der Waals surface area contributed by atoms with Crippen molar-refractivity contribution in [3.05, 3.63) is 61.9 Å². The molecule has 19 heteroatoms. The predicted octanol–water partition coefficient (Wildman–Crippen LogP) is 3.45. The number of aromatic nitrogens is 4. The average Bonchev–Trinajstić information content (AvgIpc) is 3.11. The number of nitrogens with zero attached hydrogens (tertiary/aromatic N) is 5. The molecule has 0 fully saturated rings. The summed E-state index contributed by atoms with van der Waals surface area (Å²) in [6, 6.07) is 3.81. The van der Waals surface area contributed by atoms with Crippen LogP contribution in [0.4, 0.5) is 11.6 Å². The Balaban J connectivity index is 1.66. The molecule has 3 unspecified atom stereocenters. The van der Waals surface area contributed by atoms with Gasteiger partial charge in [0.2, 0.25) is 5.95 Å². The number of carbonyl (C=O) groups is 3. The zero-order valence-corrected chi connectivity index (χ0v) is 32.6. The van der Waals surface area contributed by atoms with Crippen molar-refractivity contribution in [3.63, 3.8) is 0 Å². The highest BCUT2D eigenvalue weighted by Crippen LogP contribution is 2.31. The number of nitrogens with two attached hydrogens (primary N) is 1. The van der Waals surface area contributed by atoms with Crippen LogP contribution in [-0.4, -0.2) is 85.1 Å². The monoisotopic (exact) mass is 767 g/mol. The van der Waals surface area contributed by atoms with Crippen molar-refractivity contribution < 1.29 is 24.3 Å². The summed E-state index contributed by atoms with van der Waals surface area (Å²) in [6.45, 7) is 14.7. The number of H-pyrrole nitrogens is 1. The van der Waals surface area contributed by atoms with Gasteiger partial charge in [-0.3, -0.25) is 29.0 Å². The molecule has 0 bridgehead atoms. The lowest BCUT2D eigenvalue weighted by Crippen LogP contribution is -2.52. The van der Waals surface area contributed by atoms with Crippen molar-refractivity contribution in [1.29, 1.82) is 0 Å². The van der Waals surface area contributed by atoms with E-state index >= 15 is 0 Å². The van der Waals surface area contributed by atoms with Crippen molar-refractivity contribution in [3.8, 4) is 0 Å². The van der Waals surface area contributed by atoms with Gasteiger partial charge >= 0.3 is 5.97 Å². The maximum atomic E-state index is 13.7. The first-order valence-corrected chi connectivity index (χ1v) is 17.9. The number of hydroxylamine groups is 1. The molecule has 3 rings (SSSR count). The molecule has 1 aromatic carbocycles. The largest absolute Gasteiger partial charge is 0.481 e. The Hall–Kier alpha value is -5.27. The third-order valence-corrected chi connectivity index (χ3v) is 9.56. The fourth-order valence-electron chi connectivity index (χ4n) is 5.56. The van der Waals surface area contributed by atoms with Crippen molar-refractivity contribution in [2.75, 3.05) is 24.2 Å². The van der Waals surface area contributed by atoms with Gasteiger partial charge in [-0.05, 0) is 77.1 Å². The van der Waals surface area contributed by atoms with Gasteiger partial charge in [-0.15, -0.1) is 0 Å². The van der Waals surface area contributed by atoms with E-state index in [9.17, 15) is 34.1 Å². The number of carbonyl (C=O) groups excluding carboxylic acids is 2. The second-order valence-electron chi connectivity index (χ2n) is 15.7. The van der Waals surface area contributed by atoms with E-state index in [2.05, 4.69) is 51.7 Å². The van der Waals surface area contributed by atoms with Crippen molar-refractivity contribution in [1.82, 2.24) is 36.0 Å². The molecule has 8 N–H and O–H groups in total. The number of anilines is 2. The molecule has 19 nitrogen and oxygen atoms in total. The number of nitrogens with one attached hydrogen (secondary N) is 5. The third-order valence-electron chi connectivity index (χ3n) is 9.56. The lowest BCUT2D eigenvalue weighted by molar-refractivity contribution is -0.146. The van der Waals surface area contributed by atoms with Crippen LogP contribution in [0.3, 0.4) is 0 Å². The molecule has 0 spiro atoms. The first-order valence-electron chi connectivity index (χ1n) is 17.9. The Morgan fingerprint density at radius 2 is 1.67 bits per heavy atom. The second-order valence-corrected chi connectivity index (χ2v) is 15.7. The minimum absolute atomic E-state index is 0.0392. The van der Waals surface area contributed by atoms with E-state index in [4.69, 9.17) is 10.6 Å². The van der Waals surface area contributed by atoms with E-state index in [1.807, 2.05) is 0 Å².